The van der Waals surface area contributed by atoms with E-state index >= 15 is 0 Å². The van der Waals surface area contributed by atoms with E-state index in [1.807, 2.05) is 42.5 Å². The molecule has 2 aromatic carbocycles. The van der Waals surface area contributed by atoms with Gasteiger partial charge in [-0.05, 0) is 48.7 Å². The third kappa shape index (κ3) is 4.95. The summed E-state index contributed by atoms with van der Waals surface area (Å²) in [6, 6.07) is 22.2. The van der Waals surface area contributed by atoms with Crippen molar-refractivity contribution in [3.8, 4) is 0 Å². The lowest BCUT2D eigenvalue weighted by Crippen LogP contribution is -2.44. The highest BCUT2D eigenvalue weighted by atomic mass is 32.1. The summed E-state index contributed by atoms with van der Waals surface area (Å²) in [7, 11) is 0. The number of fused-ring (bicyclic) bond motifs is 1. The van der Waals surface area contributed by atoms with Crippen LogP contribution in [0.3, 0.4) is 0 Å². The molecule has 0 bridgehead atoms. The van der Waals surface area contributed by atoms with Crippen LogP contribution in [0.4, 0.5) is 10.9 Å². The third-order valence-electron chi connectivity index (χ3n) is 5.72. The summed E-state index contributed by atoms with van der Waals surface area (Å²) in [4.78, 5) is 24.2. The number of anilines is 2. The van der Waals surface area contributed by atoms with Gasteiger partial charge < -0.3 is 10.6 Å². The predicted molar refractivity (Wildman–Crippen MR) is 129 cm³/mol. The fourth-order valence-corrected chi connectivity index (χ4v) is 4.92. The molecule has 1 aliphatic heterocycles. The van der Waals surface area contributed by atoms with E-state index in [0.29, 0.717) is 5.56 Å². The molecule has 1 aliphatic rings. The molecule has 162 valence electrons. The fourth-order valence-electron chi connectivity index (χ4n) is 4.01. The Bertz CT molecular complexity index is 1190. The van der Waals surface area contributed by atoms with Crippen LogP contribution in [0.5, 0.6) is 0 Å². The number of aromatic nitrogens is 2. The van der Waals surface area contributed by atoms with Gasteiger partial charge in [0.05, 0.1) is 10.2 Å². The molecular weight excluding hydrogens is 418 g/mol. The zero-order valence-electron chi connectivity index (χ0n) is 17.7. The first-order chi connectivity index (χ1) is 15.7. The first-order valence-electron chi connectivity index (χ1n) is 10.9. The normalized spacial score (nSPS) is 15.0. The summed E-state index contributed by atoms with van der Waals surface area (Å²) in [5.74, 6) is 0.740. The average molecular weight is 444 g/mol. The molecule has 6 nitrogen and oxygen atoms in total. The van der Waals surface area contributed by atoms with E-state index in [1.54, 1.807) is 6.20 Å². The molecule has 1 fully saturated rings. The lowest BCUT2D eigenvalue weighted by Gasteiger charge is -2.32. The molecule has 0 atom stereocenters. The predicted octanol–water partition coefficient (Wildman–Crippen LogP) is 4.83. The highest BCUT2D eigenvalue weighted by molar-refractivity contribution is 7.22. The second-order valence-corrected chi connectivity index (χ2v) is 9.08. The fraction of sp³-hybridized carbons (Fsp3) is 0.240. The van der Waals surface area contributed by atoms with Gasteiger partial charge in [-0.2, -0.15) is 0 Å². The Morgan fingerprint density at radius 2 is 1.84 bits per heavy atom. The highest BCUT2D eigenvalue weighted by Crippen LogP contribution is 2.28. The maximum atomic E-state index is 12.9. The molecule has 32 heavy (non-hydrogen) atoms. The minimum atomic E-state index is -0.0129. The first kappa shape index (κ1) is 20.6. The molecular formula is C25H25N5OS. The standard InChI is InChI=1S/C25H25N5OS/c31-24(27-20-11-14-30(15-12-20)17-18-6-2-1-3-7-18)19-9-10-21-22(16-19)32-25(28-21)29-23-8-4-5-13-26-23/h1-10,13,16,20H,11-12,14-15,17H2,(H,27,31)(H,26,28,29). The van der Waals surface area contributed by atoms with Gasteiger partial charge >= 0.3 is 0 Å². The number of nitrogens with one attached hydrogen (secondary N) is 2. The Labute approximate surface area is 191 Å². The first-order valence-corrected chi connectivity index (χ1v) is 11.7. The number of rotatable bonds is 6. The third-order valence-corrected chi connectivity index (χ3v) is 6.66. The summed E-state index contributed by atoms with van der Waals surface area (Å²) >= 11 is 1.52. The van der Waals surface area contributed by atoms with Gasteiger partial charge in [0, 0.05) is 37.4 Å². The number of amides is 1. The van der Waals surface area contributed by atoms with Gasteiger partial charge in [-0.3, -0.25) is 9.69 Å². The van der Waals surface area contributed by atoms with Crippen molar-refractivity contribution in [1.29, 1.82) is 0 Å². The number of carbonyl (C=O) groups excluding carboxylic acids is 1. The minimum Gasteiger partial charge on any atom is -0.349 e. The summed E-state index contributed by atoms with van der Waals surface area (Å²) in [6.07, 6.45) is 3.68. The number of hydrogen-bond donors (Lipinski definition) is 2. The van der Waals surface area contributed by atoms with E-state index in [1.165, 1.54) is 16.9 Å². The van der Waals surface area contributed by atoms with Crippen molar-refractivity contribution in [2.45, 2.75) is 25.4 Å². The average Bonchev–Trinajstić information content (AvgIpc) is 3.23. The zero-order valence-corrected chi connectivity index (χ0v) is 18.5. The molecule has 0 radical (unpaired) electrons. The Morgan fingerprint density at radius 1 is 1.03 bits per heavy atom. The van der Waals surface area contributed by atoms with Crippen LogP contribution >= 0.6 is 11.3 Å². The topological polar surface area (TPSA) is 70.2 Å². The molecule has 2 N–H and O–H groups in total. The number of nitrogens with zero attached hydrogens (tertiary/aromatic N) is 3. The van der Waals surface area contributed by atoms with Gasteiger partial charge in [-0.1, -0.05) is 47.7 Å². The summed E-state index contributed by atoms with van der Waals surface area (Å²) < 4.78 is 0.980. The van der Waals surface area contributed by atoms with Crippen molar-refractivity contribution in [3.63, 3.8) is 0 Å². The van der Waals surface area contributed by atoms with Gasteiger partial charge in [0.2, 0.25) is 0 Å². The Kier molecular flexibility index (Phi) is 6.09. The van der Waals surface area contributed by atoms with Crippen LogP contribution in [-0.2, 0) is 6.54 Å². The maximum Gasteiger partial charge on any atom is 0.251 e. The van der Waals surface area contributed by atoms with Crippen molar-refractivity contribution in [3.05, 3.63) is 84.1 Å². The van der Waals surface area contributed by atoms with Crippen LogP contribution in [0.1, 0.15) is 28.8 Å². The van der Waals surface area contributed by atoms with Crippen LogP contribution in [-0.4, -0.2) is 39.9 Å². The Hall–Kier alpha value is -3.29. The maximum absolute atomic E-state index is 12.9. The van der Waals surface area contributed by atoms with Gasteiger partial charge in [-0.15, -0.1) is 0 Å². The van der Waals surface area contributed by atoms with Crippen LogP contribution in [0, 0.1) is 0 Å². The molecule has 0 unspecified atom stereocenters. The Balaban J connectivity index is 1.18. The summed E-state index contributed by atoms with van der Waals surface area (Å²) in [5.41, 5.74) is 2.89. The SMILES string of the molecule is O=C(NC1CCN(Cc2ccccc2)CC1)c1ccc2nc(Nc3ccccn3)sc2c1. The molecule has 5 rings (SSSR count). The van der Waals surface area contributed by atoms with Crippen LogP contribution < -0.4 is 10.6 Å². The van der Waals surface area contributed by atoms with Crippen molar-refractivity contribution in [2.24, 2.45) is 0 Å². The van der Waals surface area contributed by atoms with E-state index in [2.05, 4.69) is 49.8 Å². The summed E-state index contributed by atoms with van der Waals surface area (Å²) in [6.45, 7) is 2.96. The van der Waals surface area contributed by atoms with Gasteiger partial charge in [0.15, 0.2) is 5.13 Å². The van der Waals surface area contributed by atoms with Gasteiger partial charge in [0.1, 0.15) is 5.82 Å². The highest BCUT2D eigenvalue weighted by Gasteiger charge is 2.21. The number of thiazole rings is 1. The van der Waals surface area contributed by atoms with Crippen LogP contribution in [0.25, 0.3) is 10.2 Å². The van der Waals surface area contributed by atoms with Crippen molar-refractivity contribution in [2.75, 3.05) is 18.4 Å². The zero-order chi connectivity index (χ0) is 21.8. The molecule has 7 heteroatoms. The number of likely N-dealkylation sites (tertiary alicyclic amines) is 1. The number of piperidine rings is 1. The lowest BCUT2D eigenvalue weighted by atomic mass is 10.0. The van der Waals surface area contributed by atoms with E-state index in [9.17, 15) is 4.79 Å². The number of hydrogen-bond acceptors (Lipinski definition) is 6. The summed E-state index contributed by atoms with van der Waals surface area (Å²) in [5, 5.41) is 7.21. The van der Waals surface area contributed by atoms with E-state index in [4.69, 9.17) is 0 Å². The molecule has 4 aromatic rings. The number of benzene rings is 2. The van der Waals surface area contributed by atoms with E-state index in [-0.39, 0.29) is 11.9 Å². The largest absolute Gasteiger partial charge is 0.349 e. The molecule has 1 saturated heterocycles. The Morgan fingerprint density at radius 3 is 2.62 bits per heavy atom. The molecule has 0 spiro atoms. The molecule has 0 saturated carbocycles. The molecule has 2 aromatic heterocycles. The van der Waals surface area contributed by atoms with Crippen molar-refractivity contribution in [1.82, 2.24) is 20.2 Å². The quantitative estimate of drug-likeness (QED) is 0.447. The molecule has 1 amide bonds. The molecule has 3 heterocycles. The van der Waals surface area contributed by atoms with E-state index in [0.717, 1.165) is 53.6 Å². The lowest BCUT2D eigenvalue weighted by molar-refractivity contribution is 0.0909. The number of carbonyl (C=O) groups is 1. The van der Waals surface area contributed by atoms with Crippen molar-refractivity contribution < 1.29 is 4.79 Å². The number of pyridine rings is 1. The minimum absolute atomic E-state index is 0.0129. The second kappa shape index (κ2) is 9.46. The van der Waals surface area contributed by atoms with Crippen LogP contribution in [0.2, 0.25) is 0 Å². The van der Waals surface area contributed by atoms with Gasteiger partial charge in [0.25, 0.3) is 5.91 Å². The van der Waals surface area contributed by atoms with E-state index < -0.39 is 0 Å². The smallest absolute Gasteiger partial charge is 0.251 e. The van der Waals surface area contributed by atoms with Crippen molar-refractivity contribution >= 4 is 38.4 Å². The molecule has 0 aliphatic carbocycles. The monoisotopic (exact) mass is 443 g/mol. The second-order valence-electron chi connectivity index (χ2n) is 8.05. The van der Waals surface area contributed by atoms with Gasteiger partial charge in [-0.25, -0.2) is 9.97 Å². The van der Waals surface area contributed by atoms with Crippen LogP contribution in [0.15, 0.2) is 72.9 Å².